The van der Waals surface area contributed by atoms with Gasteiger partial charge in [-0.3, -0.25) is 20.0 Å². The third-order valence-corrected chi connectivity index (χ3v) is 5.52. The van der Waals surface area contributed by atoms with Gasteiger partial charge in [0.15, 0.2) is 27.2 Å². The summed E-state index contributed by atoms with van der Waals surface area (Å²) in [6.45, 7) is 0. The number of hydrogen-bond acceptors (Lipinski definition) is 5. The predicted molar refractivity (Wildman–Crippen MR) is 113 cm³/mol. The van der Waals surface area contributed by atoms with Gasteiger partial charge in [0, 0.05) is 18.4 Å². The first-order chi connectivity index (χ1) is 15.7. The summed E-state index contributed by atoms with van der Waals surface area (Å²) in [6, 6.07) is 7.21. The standard InChI is InChI=1S/C20H15F5N4O2S2/c21-13-10(14(22)16(24)17(25)15(13)23)8-11(18(31)27-19-28-29-20(32)33-19)26-12(30)7-6-9-4-2-1-3-5-9/h1-5,11H,6-8H2,(H,26,30)(H,29,32)(H,27,28,31)/t11-/m0/s1. The molecule has 1 heterocycles. The SMILES string of the molecule is O=C(CCc1ccccc1)N[C@@H](Cc1c(F)c(F)c(F)c(F)c1F)C(=O)Nc1n[nH]c(=S)s1. The van der Waals surface area contributed by atoms with E-state index in [9.17, 15) is 31.5 Å². The highest BCUT2D eigenvalue weighted by molar-refractivity contribution is 7.73. The number of halogens is 5. The zero-order valence-corrected chi connectivity index (χ0v) is 18.2. The van der Waals surface area contributed by atoms with Crippen molar-refractivity contribution in [3.63, 3.8) is 0 Å². The number of amides is 2. The Kier molecular flexibility index (Phi) is 7.87. The Labute approximate surface area is 192 Å². The number of carbonyl (C=O) groups is 2. The molecule has 0 radical (unpaired) electrons. The van der Waals surface area contributed by atoms with Crippen molar-refractivity contribution in [2.45, 2.75) is 25.3 Å². The largest absolute Gasteiger partial charge is 0.344 e. The van der Waals surface area contributed by atoms with Crippen molar-refractivity contribution in [3.8, 4) is 0 Å². The molecule has 6 nitrogen and oxygen atoms in total. The van der Waals surface area contributed by atoms with E-state index in [0.29, 0.717) is 6.42 Å². The van der Waals surface area contributed by atoms with Crippen molar-refractivity contribution in [2.75, 3.05) is 5.32 Å². The van der Waals surface area contributed by atoms with Gasteiger partial charge in [0.2, 0.25) is 22.8 Å². The molecule has 2 aromatic carbocycles. The Balaban J connectivity index is 1.83. The normalized spacial score (nSPS) is 11.8. The van der Waals surface area contributed by atoms with E-state index in [0.717, 1.165) is 16.9 Å². The molecule has 0 spiro atoms. The van der Waals surface area contributed by atoms with E-state index >= 15 is 0 Å². The van der Waals surface area contributed by atoms with Gasteiger partial charge in [-0.2, -0.15) is 0 Å². The van der Waals surface area contributed by atoms with E-state index in [1.165, 1.54) is 0 Å². The second-order valence-electron chi connectivity index (χ2n) is 6.77. The lowest BCUT2D eigenvalue weighted by atomic mass is 10.0. The molecular formula is C20H15F5N4O2S2. The average molecular weight is 502 g/mol. The van der Waals surface area contributed by atoms with Gasteiger partial charge in [0.25, 0.3) is 0 Å². The molecule has 33 heavy (non-hydrogen) atoms. The van der Waals surface area contributed by atoms with Gasteiger partial charge in [-0.25, -0.2) is 22.0 Å². The second kappa shape index (κ2) is 10.6. The number of H-pyrrole nitrogens is 1. The number of hydrogen-bond donors (Lipinski definition) is 3. The fourth-order valence-electron chi connectivity index (χ4n) is 2.89. The summed E-state index contributed by atoms with van der Waals surface area (Å²) in [5.74, 6) is -12.4. The van der Waals surface area contributed by atoms with Crippen LogP contribution in [0, 0.1) is 33.0 Å². The summed E-state index contributed by atoms with van der Waals surface area (Å²) >= 11 is 5.71. The first-order valence-electron chi connectivity index (χ1n) is 9.37. The van der Waals surface area contributed by atoms with Crippen molar-refractivity contribution in [1.82, 2.24) is 15.5 Å². The van der Waals surface area contributed by atoms with Gasteiger partial charge in [0.1, 0.15) is 6.04 Å². The number of benzene rings is 2. The summed E-state index contributed by atoms with van der Waals surface area (Å²) < 4.78 is 69.1. The van der Waals surface area contributed by atoms with E-state index in [4.69, 9.17) is 12.2 Å². The Morgan fingerprint density at radius 3 is 2.18 bits per heavy atom. The zero-order chi connectivity index (χ0) is 24.1. The maximum absolute atomic E-state index is 14.2. The molecule has 3 N–H and O–H groups in total. The highest BCUT2D eigenvalue weighted by atomic mass is 32.1. The maximum atomic E-state index is 14.2. The van der Waals surface area contributed by atoms with Crippen molar-refractivity contribution in [2.24, 2.45) is 0 Å². The number of rotatable bonds is 8. The highest BCUT2D eigenvalue weighted by Crippen LogP contribution is 2.24. The van der Waals surface area contributed by atoms with Gasteiger partial charge in [-0.05, 0) is 24.2 Å². The minimum atomic E-state index is -2.32. The molecular weight excluding hydrogens is 487 g/mol. The Bertz CT molecular complexity index is 1200. The molecule has 174 valence electrons. The topological polar surface area (TPSA) is 86.9 Å². The molecule has 0 aliphatic carbocycles. The van der Waals surface area contributed by atoms with Crippen LogP contribution in [0.3, 0.4) is 0 Å². The van der Waals surface area contributed by atoms with Crippen LogP contribution in [-0.2, 0) is 22.4 Å². The zero-order valence-electron chi connectivity index (χ0n) is 16.6. The molecule has 1 aromatic heterocycles. The van der Waals surface area contributed by atoms with Gasteiger partial charge in [-0.1, -0.05) is 41.7 Å². The molecule has 0 aliphatic rings. The van der Waals surface area contributed by atoms with Gasteiger partial charge < -0.3 is 5.32 Å². The first-order valence-corrected chi connectivity index (χ1v) is 10.6. The van der Waals surface area contributed by atoms with E-state index in [1.807, 2.05) is 0 Å². The summed E-state index contributed by atoms with van der Waals surface area (Å²) in [7, 11) is 0. The van der Waals surface area contributed by atoms with Crippen LogP contribution >= 0.6 is 23.6 Å². The van der Waals surface area contributed by atoms with Crippen LogP contribution < -0.4 is 10.6 Å². The van der Waals surface area contributed by atoms with E-state index < -0.39 is 58.9 Å². The lowest BCUT2D eigenvalue weighted by Gasteiger charge is -2.19. The minimum absolute atomic E-state index is 0.00838. The molecule has 0 aliphatic heterocycles. The molecule has 0 unspecified atom stereocenters. The number of aromatic amines is 1. The van der Waals surface area contributed by atoms with Crippen molar-refractivity contribution >= 4 is 40.5 Å². The fraction of sp³-hybridized carbons (Fsp3) is 0.200. The summed E-state index contributed by atoms with van der Waals surface area (Å²) in [5.41, 5.74) is -0.408. The number of aromatic nitrogens is 2. The molecule has 0 bridgehead atoms. The van der Waals surface area contributed by atoms with Crippen molar-refractivity contribution in [3.05, 3.63) is 74.5 Å². The van der Waals surface area contributed by atoms with Crippen LogP contribution in [0.2, 0.25) is 0 Å². The minimum Gasteiger partial charge on any atom is -0.344 e. The van der Waals surface area contributed by atoms with Gasteiger partial charge in [0.05, 0.1) is 0 Å². The molecule has 0 saturated heterocycles. The van der Waals surface area contributed by atoms with Crippen LogP contribution in [0.25, 0.3) is 0 Å². The van der Waals surface area contributed by atoms with Crippen LogP contribution in [0.1, 0.15) is 17.5 Å². The smallest absolute Gasteiger partial charge is 0.249 e. The Morgan fingerprint density at radius 2 is 1.61 bits per heavy atom. The molecule has 1 atom stereocenters. The quantitative estimate of drug-likeness (QED) is 0.187. The van der Waals surface area contributed by atoms with Gasteiger partial charge in [-0.15, -0.1) is 5.10 Å². The summed E-state index contributed by atoms with van der Waals surface area (Å²) in [4.78, 5) is 25.1. The van der Waals surface area contributed by atoms with E-state index in [1.54, 1.807) is 30.3 Å². The lowest BCUT2D eigenvalue weighted by Crippen LogP contribution is -2.45. The molecule has 2 amide bonds. The molecule has 13 heteroatoms. The van der Waals surface area contributed by atoms with Crippen LogP contribution in [-0.4, -0.2) is 28.1 Å². The molecule has 3 rings (SSSR count). The van der Waals surface area contributed by atoms with Gasteiger partial charge >= 0.3 is 0 Å². The van der Waals surface area contributed by atoms with Crippen molar-refractivity contribution in [1.29, 1.82) is 0 Å². The van der Waals surface area contributed by atoms with Crippen LogP contribution in [0.5, 0.6) is 0 Å². The number of nitrogens with zero attached hydrogens (tertiary/aromatic N) is 1. The maximum Gasteiger partial charge on any atom is 0.249 e. The molecule has 0 fully saturated rings. The highest BCUT2D eigenvalue weighted by Gasteiger charge is 2.30. The molecule has 0 saturated carbocycles. The summed E-state index contributed by atoms with van der Waals surface area (Å²) in [5, 5.41) is 10.7. The summed E-state index contributed by atoms with van der Waals surface area (Å²) in [6.07, 6.45) is -0.791. The number of nitrogens with one attached hydrogen (secondary N) is 3. The number of aryl methyl sites for hydroxylation is 1. The van der Waals surface area contributed by atoms with Crippen molar-refractivity contribution < 1.29 is 31.5 Å². The van der Waals surface area contributed by atoms with E-state index in [-0.39, 0.29) is 15.5 Å². The number of carbonyl (C=O) groups excluding carboxylic acids is 2. The average Bonchev–Trinajstić information content (AvgIpc) is 3.22. The molecule has 3 aromatic rings. The first kappa shape index (κ1) is 24.5. The Hall–Kier alpha value is -3.19. The fourth-order valence-corrected chi connectivity index (χ4v) is 3.68. The predicted octanol–water partition coefficient (Wildman–Crippen LogP) is 4.19. The van der Waals surface area contributed by atoms with Crippen LogP contribution in [0.15, 0.2) is 30.3 Å². The lowest BCUT2D eigenvalue weighted by molar-refractivity contribution is -0.126. The monoisotopic (exact) mass is 502 g/mol. The van der Waals surface area contributed by atoms with E-state index in [2.05, 4.69) is 20.8 Å². The second-order valence-corrected chi connectivity index (χ2v) is 8.43. The third kappa shape index (κ3) is 5.99. The Morgan fingerprint density at radius 1 is 1.00 bits per heavy atom. The third-order valence-electron chi connectivity index (χ3n) is 4.51. The number of anilines is 1. The van der Waals surface area contributed by atoms with Crippen LogP contribution in [0.4, 0.5) is 27.1 Å².